The number of rotatable bonds is 2. The lowest BCUT2D eigenvalue weighted by atomic mass is 9.87. The molecule has 0 N–H and O–H groups in total. The van der Waals surface area contributed by atoms with Crippen LogP contribution in [0.25, 0.3) is 0 Å². The van der Waals surface area contributed by atoms with Gasteiger partial charge in [0.1, 0.15) is 5.60 Å². The molecule has 0 bridgehead atoms. The van der Waals surface area contributed by atoms with Gasteiger partial charge in [-0.25, -0.2) is 0 Å². The highest BCUT2D eigenvalue weighted by Gasteiger charge is 2.39. The molecule has 1 atom stereocenters. The van der Waals surface area contributed by atoms with Gasteiger partial charge < -0.3 is 4.74 Å². The molecule has 0 unspecified atom stereocenters. The molecular weight excluding hydrogens is 325 g/mol. The standard InChI is InChI=1S/C13H12BrF3O2/c14-8-12(7-1-2-11(18)19-12)9-3-5-10(6-4-9)13(15,16)17/h3-6H,1-2,7-8H2/t12-/m1/s1. The molecule has 2 nitrogen and oxygen atoms in total. The van der Waals surface area contributed by atoms with E-state index in [9.17, 15) is 18.0 Å². The van der Waals surface area contributed by atoms with Gasteiger partial charge in [0.2, 0.25) is 0 Å². The Balaban J connectivity index is 2.31. The molecule has 0 aromatic heterocycles. The molecule has 1 fully saturated rings. The summed E-state index contributed by atoms with van der Waals surface area (Å²) in [5, 5.41) is 0.372. The minimum absolute atomic E-state index is 0.314. The Bertz CT molecular complexity index is 470. The molecule has 1 aromatic rings. The Kier molecular flexibility index (Phi) is 3.90. The summed E-state index contributed by atoms with van der Waals surface area (Å²) in [5.41, 5.74) is -0.965. The van der Waals surface area contributed by atoms with Crippen LogP contribution in [0.2, 0.25) is 0 Å². The number of carbonyl (C=O) groups is 1. The Morgan fingerprint density at radius 1 is 1.26 bits per heavy atom. The topological polar surface area (TPSA) is 26.3 Å². The van der Waals surface area contributed by atoms with E-state index in [0.29, 0.717) is 30.2 Å². The molecule has 0 radical (unpaired) electrons. The van der Waals surface area contributed by atoms with Crippen molar-refractivity contribution in [3.8, 4) is 0 Å². The summed E-state index contributed by atoms with van der Waals surface area (Å²) in [6.07, 6.45) is -2.72. The van der Waals surface area contributed by atoms with E-state index in [4.69, 9.17) is 4.74 Å². The molecule has 19 heavy (non-hydrogen) atoms. The van der Waals surface area contributed by atoms with Gasteiger partial charge in [-0.1, -0.05) is 28.1 Å². The zero-order valence-corrected chi connectivity index (χ0v) is 11.6. The normalized spacial score (nSPS) is 24.1. The summed E-state index contributed by atoms with van der Waals surface area (Å²) in [4.78, 5) is 11.4. The Hall–Kier alpha value is -1.04. The highest BCUT2D eigenvalue weighted by Crippen LogP contribution is 2.38. The molecule has 1 heterocycles. The SMILES string of the molecule is O=C1CCC[C@@](CBr)(c2ccc(C(F)(F)F)cc2)O1. The van der Waals surface area contributed by atoms with Gasteiger partial charge in [0.05, 0.1) is 5.56 Å². The second-order valence-electron chi connectivity index (χ2n) is 4.53. The number of cyclic esters (lactones) is 1. The van der Waals surface area contributed by atoms with E-state index in [0.717, 1.165) is 12.1 Å². The number of hydrogen-bond donors (Lipinski definition) is 0. The molecule has 0 spiro atoms. The third kappa shape index (κ3) is 2.94. The largest absolute Gasteiger partial charge is 0.453 e. The molecule has 6 heteroatoms. The number of hydrogen-bond acceptors (Lipinski definition) is 2. The molecular formula is C13H12BrF3O2. The van der Waals surface area contributed by atoms with Gasteiger partial charge in [-0.05, 0) is 30.5 Å². The van der Waals surface area contributed by atoms with E-state index < -0.39 is 17.3 Å². The maximum absolute atomic E-state index is 12.5. The summed E-state index contributed by atoms with van der Waals surface area (Å²) >= 11 is 3.29. The van der Waals surface area contributed by atoms with E-state index in [1.807, 2.05) is 0 Å². The van der Waals surface area contributed by atoms with E-state index in [1.165, 1.54) is 12.1 Å². The first kappa shape index (κ1) is 14.4. The van der Waals surface area contributed by atoms with Crippen LogP contribution in [0.1, 0.15) is 30.4 Å². The first-order valence-corrected chi connectivity index (χ1v) is 6.95. The van der Waals surface area contributed by atoms with E-state index in [1.54, 1.807) is 0 Å². The van der Waals surface area contributed by atoms with Gasteiger partial charge >= 0.3 is 12.1 Å². The monoisotopic (exact) mass is 336 g/mol. The van der Waals surface area contributed by atoms with Crippen LogP contribution in [0.5, 0.6) is 0 Å². The van der Waals surface area contributed by atoms with Crippen LogP contribution in [0.3, 0.4) is 0 Å². The molecule has 1 aromatic carbocycles. The van der Waals surface area contributed by atoms with Gasteiger partial charge in [-0.15, -0.1) is 0 Å². The van der Waals surface area contributed by atoms with Crippen LogP contribution < -0.4 is 0 Å². The number of ether oxygens (including phenoxy) is 1. The third-order valence-corrected chi connectivity index (χ3v) is 4.13. The first-order valence-electron chi connectivity index (χ1n) is 5.83. The average molecular weight is 337 g/mol. The fraction of sp³-hybridized carbons (Fsp3) is 0.462. The van der Waals surface area contributed by atoms with Crippen molar-refractivity contribution < 1.29 is 22.7 Å². The molecule has 104 valence electrons. The second-order valence-corrected chi connectivity index (χ2v) is 5.09. The summed E-state index contributed by atoms with van der Waals surface area (Å²) in [6.45, 7) is 0. The summed E-state index contributed by atoms with van der Waals surface area (Å²) in [7, 11) is 0. The van der Waals surface area contributed by atoms with Crippen LogP contribution >= 0.6 is 15.9 Å². The Morgan fingerprint density at radius 2 is 1.89 bits per heavy atom. The van der Waals surface area contributed by atoms with Crippen molar-refractivity contribution in [3.05, 3.63) is 35.4 Å². The molecule has 1 aliphatic heterocycles. The van der Waals surface area contributed by atoms with Crippen molar-refractivity contribution in [2.24, 2.45) is 0 Å². The predicted molar refractivity (Wildman–Crippen MR) is 66.9 cm³/mol. The molecule has 1 aliphatic rings. The number of benzene rings is 1. The molecule has 1 saturated heterocycles. The van der Waals surface area contributed by atoms with Crippen molar-refractivity contribution in [3.63, 3.8) is 0 Å². The van der Waals surface area contributed by atoms with E-state index in [2.05, 4.69) is 15.9 Å². The van der Waals surface area contributed by atoms with Crippen molar-refractivity contribution in [1.29, 1.82) is 0 Å². The maximum atomic E-state index is 12.5. The van der Waals surface area contributed by atoms with Crippen molar-refractivity contribution in [2.75, 3.05) is 5.33 Å². The van der Waals surface area contributed by atoms with E-state index >= 15 is 0 Å². The number of esters is 1. The average Bonchev–Trinajstić information content (AvgIpc) is 2.38. The number of carbonyl (C=O) groups excluding carboxylic acids is 1. The van der Waals surface area contributed by atoms with Gasteiger partial charge in [-0.3, -0.25) is 4.79 Å². The highest BCUT2D eigenvalue weighted by molar-refractivity contribution is 9.09. The Labute approximate surface area is 117 Å². The first-order chi connectivity index (χ1) is 8.87. The number of halogens is 4. The van der Waals surface area contributed by atoms with Crippen LogP contribution in [0, 0.1) is 0 Å². The Morgan fingerprint density at radius 3 is 2.37 bits per heavy atom. The lowest BCUT2D eigenvalue weighted by molar-refractivity contribution is -0.165. The molecule has 0 amide bonds. The smallest absolute Gasteiger partial charge is 0.416 e. The van der Waals surface area contributed by atoms with Gasteiger partial charge in [-0.2, -0.15) is 13.2 Å². The lowest BCUT2D eigenvalue weighted by Crippen LogP contribution is -2.37. The summed E-state index contributed by atoms with van der Waals surface area (Å²) in [6, 6.07) is 4.79. The van der Waals surface area contributed by atoms with Gasteiger partial charge in [0, 0.05) is 11.8 Å². The minimum atomic E-state index is -4.36. The second kappa shape index (κ2) is 5.15. The fourth-order valence-electron chi connectivity index (χ4n) is 2.18. The van der Waals surface area contributed by atoms with Gasteiger partial charge in [0.25, 0.3) is 0 Å². The summed E-state index contributed by atoms with van der Waals surface area (Å²) < 4.78 is 42.9. The zero-order chi connectivity index (χ0) is 14.1. The van der Waals surface area contributed by atoms with Crippen LogP contribution in [-0.2, 0) is 21.3 Å². The molecule has 2 rings (SSSR count). The summed E-state index contributed by atoms with van der Waals surface area (Å²) in [5.74, 6) is -0.314. The van der Waals surface area contributed by atoms with Crippen molar-refractivity contribution >= 4 is 21.9 Å². The van der Waals surface area contributed by atoms with Crippen LogP contribution in [0.15, 0.2) is 24.3 Å². The molecule has 0 saturated carbocycles. The molecule has 0 aliphatic carbocycles. The minimum Gasteiger partial charge on any atom is -0.453 e. The zero-order valence-electron chi connectivity index (χ0n) is 9.97. The maximum Gasteiger partial charge on any atom is 0.416 e. The van der Waals surface area contributed by atoms with E-state index in [-0.39, 0.29) is 5.97 Å². The quantitative estimate of drug-likeness (QED) is 0.602. The lowest BCUT2D eigenvalue weighted by Gasteiger charge is -2.35. The predicted octanol–water partition coefficient (Wildman–Crippen LogP) is 4.02. The van der Waals surface area contributed by atoms with Crippen LogP contribution in [0.4, 0.5) is 13.2 Å². The van der Waals surface area contributed by atoms with Crippen molar-refractivity contribution in [2.45, 2.75) is 31.0 Å². The fourth-order valence-corrected chi connectivity index (χ4v) is 2.89. The highest BCUT2D eigenvalue weighted by atomic mass is 79.9. The number of alkyl halides is 4. The van der Waals surface area contributed by atoms with Gasteiger partial charge in [0.15, 0.2) is 0 Å². The van der Waals surface area contributed by atoms with Crippen LogP contribution in [-0.4, -0.2) is 11.3 Å². The third-order valence-electron chi connectivity index (χ3n) is 3.22. The van der Waals surface area contributed by atoms with Crippen molar-refractivity contribution in [1.82, 2.24) is 0 Å².